The number of benzene rings is 1. The molecule has 0 spiro atoms. The van der Waals surface area contributed by atoms with Gasteiger partial charge in [0.2, 0.25) is 5.91 Å². The van der Waals surface area contributed by atoms with E-state index < -0.39 is 0 Å². The Hall–Kier alpha value is -0.870. The second-order valence-electron chi connectivity index (χ2n) is 4.63. The summed E-state index contributed by atoms with van der Waals surface area (Å²) in [5.74, 6) is 0.155. The largest absolute Gasteiger partial charge is 0.395 e. The molecule has 18 heavy (non-hydrogen) atoms. The van der Waals surface area contributed by atoms with Gasteiger partial charge in [-0.15, -0.1) is 0 Å². The van der Waals surface area contributed by atoms with Crippen molar-refractivity contribution in [1.29, 1.82) is 0 Å². The van der Waals surface area contributed by atoms with Crippen LogP contribution in [-0.2, 0) is 11.2 Å². The minimum Gasteiger partial charge on any atom is -0.395 e. The molecule has 0 radical (unpaired) electrons. The zero-order chi connectivity index (χ0) is 13.0. The van der Waals surface area contributed by atoms with Crippen LogP contribution in [0.2, 0.25) is 0 Å². The molecular formula is C14H18BrNO2. The van der Waals surface area contributed by atoms with Gasteiger partial charge in [-0.1, -0.05) is 34.1 Å². The fourth-order valence-corrected chi connectivity index (χ4v) is 2.57. The van der Waals surface area contributed by atoms with Gasteiger partial charge in [-0.25, -0.2) is 0 Å². The lowest BCUT2D eigenvalue weighted by atomic mass is 10.1. The van der Waals surface area contributed by atoms with Crippen molar-refractivity contribution in [2.75, 3.05) is 13.2 Å². The number of hydrogen-bond acceptors (Lipinski definition) is 2. The maximum atomic E-state index is 12.1. The molecule has 1 saturated carbocycles. The van der Waals surface area contributed by atoms with Gasteiger partial charge in [-0.2, -0.15) is 0 Å². The number of halogens is 1. The third-order valence-corrected chi connectivity index (χ3v) is 3.99. The molecule has 0 atom stereocenters. The molecule has 1 fully saturated rings. The van der Waals surface area contributed by atoms with Crippen LogP contribution < -0.4 is 0 Å². The number of amides is 1. The Kier molecular flexibility index (Phi) is 4.78. The fraction of sp³-hybridized carbons (Fsp3) is 0.500. The molecule has 0 heterocycles. The molecule has 0 bridgehead atoms. The summed E-state index contributed by atoms with van der Waals surface area (Å²) in [6, 6.07) is 8.36. The molecule has 0 saturated heterocycles. The number of carbonyl (C=O) groups is 1. The summed E-state index contributed by atoms with van der Waals surface area (Å²) < 4.78 is 1.05. The molecule has 2 rings (SSSR count). The number of aryl methyl sites for hydroxylation is 1. The number of carbonyl (C=O) groups excluding carboxylic acids is 1. The Morgan fingerprint density at radius 3 is 2.72 bits per heavy atom. The molecule has 1 aromatic rings. The van der Waals surface area contributed by atoms with Crippen LogP contribution in [0.25, 0.3) is 0 Å². The predicted molar refractivity (Wildman–Crippen MR) is 74.3 cm³/mol. The highest BCUT2D eigenvalue weighted by molar-refractivity contribution is 9.10. The van der Waals surface area contributed by atoms with E-state index in [4.69, 9.17) is 5.11 Å². The van der Waals surface area contributed by atoms with Gasteiger partial charge in [0.05, 0.1) is 6.61 Å². The van der Waals surface area contributed by atoms with Crippen molar-refractivity contribution in [2.24, 2.45) is 0 Å². The predicted octanol–water partition coefficient (Wildman–Crippen LogP) is 2.37. The second kappa shape index (κ2) is 6.34. The molecule has 0 aliphatic heterocycles. The summed E-state index contributed by atoms with van der Waals surface area (Å²) in [5, 5.41) is 8.99. The molecule has 0 unspecified atom stereocenters. The lowest BCUT2D eigenvalue weighted by Gasteiger charge is -2.21. The Labute approximate surface area is 116 Å². The number of hydrogen-bond donors (Lipinski definition) is 1. The van der Waals surface area contributed by atoms with Crippen LogP contribution in [0.4, 0.5) is 0 Å². The highest BCUT2D eigenvalue weighted by Crippen LogP contribution is 2.27. The van der Waals surface area contributed by atoms with Crippen molar-refractivity contribution in [1.82, 2.24) is 4.90 Å². The molecule has 4 heteroatoms. The van der Waals surface area contributed by atoms with E-state index >= 15 is 0 Å². The molecule has 1 aromatic carbocycles. The van der Waals surface area contributed by atoms with Gasteiger partial charge in [0.25, 0.3) is 0 Å². The monoisotopic (exact) mass is 311 g/mol. The van der Waals surface area contributed by atoms with E-state index in [-0.39, 0.29) is 12.5 Å². The van der Waals surface area contributed by atoms with E-state index in [0.717, 1.165) is 29.3 Å². The summed E-state index contributed by atoms with van der Waals surface area (Å²) in [4.78, 5) is 13.9. The molecule has 1 amide bonds. The number of rotatable bonds is 6. The highest BCUT2D eigenvalue weighted by atomic mass is 79.9. The van der Waals surface area contributed by atoms with Crippen LogP contribution in [0.15, 0.2) is 28.7 Å². The van der Waals surface area contributed by atoms with E-state index in [9.17, 15) is 4.79 Å². The standard InChI is InChI=1S/C14H18BrNO2/c15-13-4-2-1-3-11(13)5-8-14(18)16(9-10-17)12-6-7-12/h1-4,12,17H,5-10H2. The molecule has 0 aromatic heterocycles. The van der Waals surface area contributed by atoms with Crippen molar-refractivity contribution in [3.8, 4) is 0 Å². The summed E-state index contributed by atoms with van der Waals surface area (Å²) in [6.07, 6.45) is 3.43. The van der Waals surface area contributed by atoms with Crippen LogP contribution in [0.3, 0.4) is 0 Å². The summed E-state index contributed by atoms with van der Waals surface area (Å²) in [5.41, 5.74) is 1.16. The average Bonchev–Trinajstić information content (AvgIpc) is 3.19. The first-order valence-electron chi connectivity index (χ1n) is 6.36. The minimum absolute atomic E-state index is 0.0528. The van der Waals surface area contributed by atoms with Crippen LogP contribution in [-0.4, -0.2) is 35.1 Å². The van der Waals surface area contributed by atoms with Crippen LogP contribution in [0.1, 0.15) is 24.8 Å². The lowest BCUT2D eigenvalue weighted by Crippen LogP contribution is -2.35. The third kappa shape index (κ3) is 3.56. The summed E-state index contributed by atoms with van der Waals surface area (Å²) >= 11 is 3.49. The SMILES string of the molecule is O=C(CCc1ccccc1Br)N(CCO)C1CC1. The van der Waals surface area contributed by atoms with Crippen molar-refractivity contribution in [3.63, 3.8) is 0 Å². The van der Waals surface area contributed by atoms with Crippen molar-refractivity contribution >= 4 is 21.8 Å². The smallest absolute Gasteiger partial charge is 0.223 e. The summed E-state index contributed by atoms with van der Waals surface area (Å²) in [6.45, 7) is 0.525. The molecule has 1 N–H and O–H groups in total. The first-order chi connectivity index (χ1) is 8.72. The second-order valence-corrected chi connectivity index (χ2v) is 5.49. The van der Waals surface area contributed by atoms with Crippen LogP contribution in [0, 0.1) is 0 Å². The first kappa shape index (κ1) is 13.6. The van der Waals surface area contributed by atoms with Crippen LogP contribution >= 0.6 is 15.9 Å². The van der Waals surface area contributed by atoms with Gasteiger partial charge < -0.3 is 10.0 Å². The lowest BCUT2D eigenvalue weighted by molar-refractivity contribution is -0.132. The Morgan fingerprint density at radius 1 is 1.39 bits per heavy atom. The van der Waals surface area contributed by atoms with E-state index in [1.165, 1.54) is 0 Å². The molecular weight excluding hydrogens is 294 g/mol. The van der Waals surface area contributed by atoms with Gasteiger partial charge in [-0.3, -0.25) is 4.79 Å². The molecule has 3 nitrogen and oxygen atoms in total. The zero-order valence-corrected chi connectivity index (χ0v) is 11.9. The Morgan fingerprint density at radius 2 is 2.11 bits per heavy atom. The first-order valence-corrected chi connectivity index (χ1v) is 7.15. The maximum absolute atomic E-state index is 12.1. The molecule has 98 valence electrons. The average molecular weight is 312 g/mol. The van der Waals surface area contributed by atoms with Crippen molar-refractivity contribution in [3.05, 3.63) is 34.3 Å². The highest BCUT2D eigenvalue weighted by Gasteiger charge is 2.31. The number of nitrogens with zero attached hydrogens (tertiary/aromatic N) is 1. The van der Waals surface area contributed by atoms with Gasteiger partial charge in [0.1, 0.15) is 0 Å². The normalized spacial score (nSPS) is 14.6. The zero-order valence-electron chi connectivity index (χ0n) is 10.3. The molecule has 1 aliphatic carbocycles. The maximum Gasteiger partial charge on any atom is 0.223 e. The van der Waals surface area contributed by atoms with Gasteiger partial charge in [-0.05, 0) is 30.9 Å². The van der Waals surface area contributed by atoms with E-state index in [0.29, 0.717) is 19.0 Å². The van der Waals surface area contributed by atoms with Gasteiger partial charge >= 0.3 is 0 Å². The van der Waals surface area contributed by atoms with E-state index in [1.54, 1.807) is 0 Å². The topological polar surface area (TPSA) is 40.5 Å². The number of aliphatic hydroxyl groups excluding tert-OH is 1. The van der Waals surface area contributed by atoms with Crippen LogP contribution in [0.5, 0.6) is 0 Å². The molecule has 1 aliphatic rings. The van der Waals surface area contributed by atoms with E-state index in [2.05, 4.69) is 15.9 Å². The van der Waals surface area contributed by atoms with Gasteiger partial charge in [0, 0.05) is 23.5 Å². The minimum atomic E-state index is 0.0528. The van der Waals surface area contributed by atoms with Gasteiger partial charge in [0.15, 0.2) is 0 Å². The fourth-order valence-electron chi connectivity index (χ4n) is 2.09. The summed E-state index contributed by atoms with van der Waals surface area (Å²) in [7, 11) is 0. The quantitative estimate of drug-likeness (QED) is 0.876. The third-order valence-electron chi connectivity index (χ3n) is 3.21. The Bertz CT molecular complexity index is 418. The van der Waals surface area contributed by atoms with Crippen molar-refractivity contribution in [2.45, 2.75) is 31.7 Å². The number of aliphatic hydroxyl groups is 1. The Balaban J connectivity index is 1.89. The van der Waals surface area contributed by atoms with E-state index in [1.807, 2.05) is 29.2 Å². The van der Waals surface area contributed by atoms with Crippen molar-refractivity contribution < 1.29 is 9.90 Å².